The van der Waals surface area contributed by atoms with E-state index < -0.39 is 0 Å². The van der Waals surface area contributed by atoms with Crippen LogP contribution in [0.4, 0.5) is 5.13 Å². The summed E-state index contributed by atoms with van der Waals surface area (Å²) in [6, 6.07) is 14.1. The van der Waals surface area contributed by atoms with Crippen LogP contribution in [0.1, 0.15) is 38.8 Å². The van der Waals surface area contributed by atoms with Gasteiger partial charge in [-0.25, -0.2) is 4.98 Å². The Morgan fingerprint density at radius 2 is 1.86 bits per heavy atom. The summed E-state index contributed by atoms with van der Waals surface area (Å²) in [6.45, 7) is 0.370. The number of anilines is 1. The van der Waals surface area contributed by atoms with Crippen molar-refractivity contribution in [1.82, 2.24) is 10.3 Å². The summed E-state index contributed by atoms with van der Waals surface area (Å²) in [5.74, 6) is -0.650. The van der Waals surface area contributed by atoms with Crippen LogP contribution in [0.25, 0.3) is 0 Å². The van der Waals surface area contributed by atoms with Crippen LogP contribution in [0.3, 0.4) is 0 Å². The van der Waals surface area contributed by atoms with Gasteiger partial charge in [-0.05, 0) is 48.7 Å². The highest BCUT2D eigenvalue weighted by molar-refractivity contribution is 7.16. The van der Waals surface area contributed by atoms with Gasteiger partial charge < -0.3 is 5.32 Å². The number of fused-ring (bicyclic) bond motifs is 1. The molecule has 0 spiro atoms. The van der Waals surface area contributed by atoms with E-state index in [0.29, 0.717) is 33.7 Å². The number of aromatic nitrogens is 1. The van der Waals surface area contributed by atoms with Crippen LogP contribution in [0.15, 0.2) is 48.5 Å². The molecule has 5 nitrogen and oxygen atoms in total. The number of amides is 2. The Morgan fingerprint density at radius 3 is 2.62 bits per heavy atom. The van der Waals surface area contributed by atoms with E-state index in [1.807, 2.05) is 18.2 Å². The molecule has 2 aromatic carbocycles. The maximum Gasteiger partial charge on any atom is 0.257 e. The van der Waals surface area contributed by atoms with E-state index in [1.165, 1.54) is 11.3 Å². The lowest BCUT2D eigenvalue weighted by Gasteiger charge is -2.11. The molecule has 148 valence electrons. The fourth-order valence-corrected chi connectivity index (χ4v) is 4.62. The van der Waals surface area contributed by atoms with E-state index in [-0.39, 0.29) is 17.7 Å². The molecule has 0 bridgehead atoms. The Labute approximate surface area is 182 Å². The highest BCUT2D eigenvalue weighted by Gasteiger charge is 2.32. The predicted octanol–water partition coefficient (Wildman–Crippen LogP) is 5.05. The summed E-state index contributed by atoms with van der Waals surface area (Å²) in [4.78, 5) is 30.6. The monoisotopic (exact) mass is 445 g/mol. The van der Waals surface area contributed by atoms with Crippen molar-refractivity contribution in [2.75, 3.05) is 5.32 Å². The molecule has 4 rings (SSSR count). The van der Waals surface area contributed by atoms with Gasteiger partial charge >= 0.3 is 0 Å². The highest BCUT2D eigenvalue weighted by atomic mass is 35.5. The zero-order chi connectivity index (χ0) is 20.4. The molecule has 0 radical (unpaired) electrons. The van der Waals surface area contributed by atoms with Gasteiger partial charge in [-0.15, -0.1) is 11.3 Å². The van der Waals surface area contributed by atoms with E-state index in [9.17, 15) is 9.59 Å². The van der Waals surface area contributed by atoms with Crippen molar-refractivity contribution in [2.24, 2.45) is 0 Å². The second kappa shape index (κ2) is 8.53. The zero-order valence-electron chi connectivity index (χ0n) is 15.2. The summed E-state index contributed by atoms with van der Waals surface area (Å²) < 4.78 is 0. The number of hydrogen-bond acceptors (Lipinski definition) is 4. The average Bonchev–Trinajstić information content (AvgIpc) is 3.27. The smallest absolute Gasteiger partial charge is 0.257 e. The third kappa shape index (κ3) is 4.45. The Bertz CT molecular complexity index is 1070. The van der Waals surface area contributed by atoms with Crippen LogP contribution >= 0.6 is 34.5 Å². The first-order valence-electron chi connectivity index (χ1n) is 9.09. The fraction of sp³-hybridized carbons (Fsp3) is 0.190. The minimum Gasteiger partial charge on any atom is -0.351 e. The number of carbonyl (C=O) groups is 2. The molecule has 2 amide bonds. The van der Waals surface area contributed by atoms with Gasteiger partial charge in [0.15, 0.2) is 5.13 Å². The Balaban J connectivity index is 1.42. The van der Waals surface area contributed by atoms with Crippen LogP contribution in [-0.2, 0) is 17.8 Å². The first kappa shape index (κ1) is 19.9. The minimum atomic E-state index is -0.315. The van der Waals surface area contributed by atoms with E-state index in [1.54, 1.807) is 30.3 Å². The van der Waals surface area contributed by atoms with Crippen molar-refractivity contribution in [2.45, 2.75) is 25.3 Å². The maximum absolute atomic E-state index is 12.7. The first-order valence-corrected chi connectivity index (χ1v) is 10.7. The lowest BCUT2D eigenvalue weighted by atomic mass is 10.1. The third-order valence-corrected chi connectivity index (χ3v) is 6.44. The zero-order valence-corrected chi connectivity index (χ0v) is 17.6. The third-order valence-electron chi connectivity index (χ3n) is 4.77. The van der Waals surface area contributed by atoms with Crippen molar-refractivity contribution < 1.29 is 9.59 Å². The van der Waals surface area contributed by atoms with Gasteiger partial charge in [-0.1, -0.05) is 41.4 Å². The maximum atomic E-state index is 12.7. The molecule has 1 unspecified atom stereocenters. The molecule has 0 aliphatic heterocycles. The molecule has 1 aliphatic carbocycles. The van der Waals surface area contributed by atoms with Crippen molar-refractivity contribution in [1.29, 1.82) is 0 Å². The number of rotatable bonds is 5. The molecule has 0 fully saturated rings. The van der Waals surface area contributed by atoms with Gasteiger partial charge in [-0.2, -0.15) is 0 Å². The Hall–Kier alpha value is -2.41. The Morgan fingerprint density at radius 1 is 1.10 bits per heavy atom. The van der Waals surface area contributed by atoms with Crippen LogP contribution < -0.4 is 10.6 Å². The van der Waals surface area contributed by atoms with Crippen molar-refractivity contribution in [3.8, 4) is 0 Å². The molecule has 1 heterocycles. The highest BCUT2D eigenvalue weighted by Crippen LogP contribution is 2.38. The molecule has 8 heteroatoms. The Kier molecular flexibility index (Phi) is 5.85. The average molecular weight is 446 g/mol. The molecule has 3 aromatic rings. The molecule has 29 heavy (non-hydrogen) atoms. The number of hydrogen-bond donors (Lipinski definition) is 2. The van der Waals surface area contributed by atoms with Crippen molar-refractivity contribution in [3.63, 3.8) is 0 Å². The second-order valence-corrected chi connectivity index (χ2v) is 8.62. The van der Waals surface area contributed by atoms with Crippen LogP contribution in [0.5, 0.6) is 0 Å². The van der Waals surface area contributed by atoms with Gasteiger partial charge in [0.2, 0.25) is 5.91 Å². The summed E-state index contributed by atoms with van der Waals surface area (Å²) >= 11 is 13.4. The van der Waals surface area contributed by atoms with E-state index >= 15 is 0 Å². The summed E-state index contributed by atoms with van der Waals surface area (Å²) in [5.41, 5.74) is 2.12. The van der Waals surface area contributed by atoms with Crippen LogP contribution in [-0.4, -0.2) is 16.8 Å². The summed E-state index contributed by atoms with van der Waals surface area (Å²) in [6.07, 6.45) is 1.49. The molecular formula is C21H17Cl2N3O2S. The lowest BCUT2D eigenvalue weighted by Crippen LogP contribution is -2.28. The largest absolute Gasteiger partial charge is 0.351 e. The number of thiazole rings is 1. The van der Waals surface area contributed by atoms with E-state index in [0.717, 1.165) is 22.6 Å². The predicted molar refractivity (Wildman–Crippen MR) is 116 cm³/mol. The number of benzene rings is 2. The van der Waals surface area contributed by atoms with E-state index in [4.69, 9.17) is 23.2 Å². The van der Waals surface area contributed by atoms with Gasteiger partial charge in [0.25, 0.3) is 5.91 Å². The number of carbonyl (C=O) groups excluding carboxylic acids is 2. The van der Waals surface area contributed by atoms with Gasteiger partial charge in [-0.3, -0.25) is 14.9 Å². The standard InChI is InChI=1S/C21H17Cl2N3O2S/c22-14-7-5-12(6-8-14)19(27)26-21-25-18-15(9-10-17(18)29-21)20(28)24-11-13-3-1-2-4-16(13)23/h1-8,15H,9-11H2,(H,24,28)(H,25,26,27). The minimum absolute atomic E-state index is 0.0791. The fourth-order valence-electron chi connectivity index (χ4n) is 3.25. The van der Waals surface area contributed by atoms with Crippen LogP contribution in [0.2, 0.25) is 10.0 Å². The van der Waals surface area contributed by atoms with E-state index in [2.05, 4.69) is 15.6 Å². The van der Waals surface area contributed by atoms with Crippen molar-refractivity contribution in [3.05, 3.63) is 80.3 Å². The SMILES string of the molecule is O=C(Nc1nc2c(s1)CCC2C(=O)NCc1ccccc1Cl)c1ccc(Cl)cc1. The summed E-state index contributed by atoms with van der Waals surface area (Å²) in [7, 11) is 0. The molecule has 2 N–H and O–H groups in total. The number of nitrogens with zero attached hydrogens (tertiary/aromatic N) is 1. The number of aryl methyl sites for hydroxylation is 1. The summed E-state index contributed by atoms with van der Waals surface area (Å²) in [5, 5.41) is 7.45. The molecular weight excluding hydrogens is 429 g/mol. The van der Waals surface area contributed by atoms with Crippen LogP contribution in [0, 0.1) is 0 Å². The molecule has 0 saturated carbocycles. The molecule has 1 aliphatic rings. The van der Waals surface area contributed by atoms with Gasteiger partial charge in [0.1, 0.15) is 0 Å². The lowest BCUT2D eigenvalue weighted by molar-refractivity contribution is -0.122. The molecule has 1 atom stereocenters. The topological polar surface area (TPSA) is 71.1 Å². The molecule has 0 saturated heterocycles. The molecule has 1 aromatic heterocycles. The van der Waals surface area contributed by atoms with Gasteiger partial charge in [0.05, 0.1) is 11.6 Å². The van der Waals surface area contributed by atoms with Gasteiger partial charge in [0, 0.05) is 27.0 Å². The quantitative estimate of drug-likeness (QED) is 0.576. The first-order chi connectivity index (χ1) is 14.0. The second-order valence-electron chi connectivity index (χ2n) is 6.69. The number of halogens is 2. The van der Waals surface area contributed by atoms with Crippen molar-refractivity contribution >= 4 is 51.5 Å². The number of nitrogens with one attached hydrogen (secondary N) is 2. The normalized spacial score (nSPS) is 15.0.